The van der Waals surface area contributed by atoms with Crippen molar-refractivity contribution >= 4 is 15.7 Å². The predicted octanol–water partition coefficient (Wildman–Crippen LogP) is 1.56. The maximum atomic E-state index is 12.8. The van der Waals surface area contributed by atoms with Gasteiger partial charge in [-0.05, 0) is 36.8 Å². The lowest BCUT2D eigenvalue weighted by Crippen LogP contribution is -2.35. The second-order valence-corrected chi connectivity index (χ2v) is 7.08. The van der Waals surface area contributed by atoms with Crippen LogP contribution in [0.2, 0.25) is 0 Å². The van der Waals surface area contributed by atoms with Crippen molar-refractivity contribution in [2.75, 3.05) is 12.3 Å². The Balaban J connectivity index is 1.93. The molecule has 2 rings (SSSR count). The lowest BCUT2D eigenvalue weighted by Gasteiger charge is -2.15. The summed E-state index contributed by atoms with van der Waals surface area (Å²) in [5.41, 5.74) is 0. The van der Waals surface area contributed by atoms with E-state index < -0.39 is 21.7 Å². The highest BCUT2D eigenvalue weighted by Crippen LogP contribution is 2.12. The van der Waals surface area contributed by atoms with Crippen molar-refractivity contribution < 1.29 is 17.6 Å². The number of benzene rings is 1. The second-order valence-electron chi connectivity index (χ2n) is 4.97. The number of halogens is 1. The van der Waals surface area contributed by atoms with E-state index in [2.05, 4.69) is 10.4 Å². The van der Waals surface area contributed by atoms with E-state index in [4.69, 9.17) is 0 Å². The Morgan fingerprint density at radius 1 is 1.35 bits per heavy atom. The van der Waals surface area contributed by atoms with E-state index in [9.17, 15) is 17.6 Å². The Bertz CT molecular complexity index is 743. The number of rotatable bonds is 7. The van der Waals surface area contributed by atoms with Crippen molar-refractivity contribution in [3.05, 3.63) is 48.5 Å². The molecule has 0 aliphatic heterocycles. The number of carbonyl (C=O) groups is 1. The molecule has 124 valence electrons. The number of nitrogens with one attached hydrogen (secondary N) is 1. The van der Waals surface area contributed by atoms with Gasteiger partial charge in [0.25, 0.3) is 0 Å². The monoisotopic (exact) mass is 339 g/mol. The molecule has 0 spiro atoms. The van der Waals surface area contributed by atoms with E-state index in [-0.39, 0.29) is 23.1 Å². The minimum atomic E-state index is -3.56. The lowest BCUT2D eigenvalue weighted by atomic mass is 10.2. The van der Waals surface area contributed by atoms with Crippen LogP contribution >= 0.6 is 0 Å². The molecule has 1 atom stereocenters. The van der Waals surface area contributed by atoms with Crippen LogP contribution in [0.5, 0.6) is 0 Å². The normalized spacial score (nSPS) is 12.8. The second kappa shape index (κ2) is 7.36. The third-order valence-electron chi connectivity index (χ3n) is 3.38. The van der Waals surface area contributed by atoms with Gasteiger partial charge in [-0.3, -0.25) is 9.48 Å². The average Bonchev–Trinajstić information content (AvgIpc) is 3.02. The molecule has 1 aromatic carbocycles. The fraction of sp³-hybridized carbons (Fsp3) is 0.333. The first-order chi connectivity index (χ1) is 10.9. The lowest BCUT2D eigenvalue weighted by molar-refractivity contribution is -0.124. The van der Waals surface area contributed by atoms with Gasteiger partial charge in [-0.1, -0.05) is 6.92 Å². The maximum absolute atomic E-state index is 12.8. The van der Waals surface area contributed by atoms with Crippen LogP contribution in [0, 0.1) is 5.82 Å². The minimum Gasteiger partial charge on any atom is -0.353 e. The molecule has 2 aromatic rings. The van der Waals surface area contributed by atoms with Crippen LogP contribution in [0.3, 0.4) is 0 Å². The zero-order chi connectivity index (χ0) is 16.9. The third-order valence-corrected chi connectivity index (χ3v) is 5.11. The minimum absolute atomic E-state index is 0.0175. The van der Waals surface area contributed by atoms with Gasteiger partial charge < -0.3 is 5.32 Å². The quantitative estimate of drug-likeness (QED) is 0.776. The van der Waals surface area contributed by atoms with Gasteiger partial charge in [0.05, 0.1) is 10.6 Å². The average molecular weight is 339 g/mol. The fourth-order valence-corrected chi connectivity index (χ4v) is 3.30. The molecule has 0 radical (unpaired) electrons. The summed E-state index contributed by atoms with van der Waals surface area (Å²) in [5, 5.41) is 6.63. The Labute approximate surface area is 134 Å². The van der Waals surface area contributed by atoms with Gasteiger partial charge in [0.15, 0.2) is 9.84 Å². The number of aromatic nitrogens is 2. The standard InChI is InChI=1S/C15H18FN3O3S/c1-2-14(19-10-3-8-18-19)15(20)17-9-11-23(21,22)13-6-4-12(16)5-7-13/h3-8,10,14H,2,9,11H2,1H3,(H,17,20)/t14-/m0/s1. The van der Waals surface area contributed by atoms with Gasteiger partial charge >= 0.3 is 0 Å². The number of hydrogen-bond donors (Lipinski definition) is 1. The topological polar surface area (TPSA) is 81.1 Å². The van der Waals surface area contributed by atoms with E-state index in [1.165, 1.54) is 16.8 Å². The van der Waals surface area contributed by atoms with E-state index in [0.29, 0.717) is 6.42 Å². The Morgan fingerprint density at radius 2 is 2.04 bits per heavy atom. The first-order valence-corrected chi connectivity index (χ1v) is 8.84. The van der Waals surface area contributed by atoms with Crippen LogP contribution in [0.4, 0.5) is 4.39 Å². The first kappa shape index (κ1) is 17.1. The molecule has 0 aliphatic carbocycles. The molecule has 0 bridgehead atoms. The molecule has 1 N–H and O–H groups in total. The van der Waals surface area contributed by atoms with Crippen LogP contribution in [0.25, 0.3) is 0 Å². The molecule has 0 saturated carbocycles. The van der Waals surface area contributed by atoms with Crippen molar-refractivity contribution in [1.82, 2.24) is 15.1 Å². The number of amides is 1. The summed E-state index contributed by atoms with van der Waals surface area (Å²) in [4.78, 5) is 12.2. The van der Waals surface area contributed by atoms with Gasteiger partial charge in [-0.2, -0.15) is 5.10 Å². The Morgan fingerprint density at radius 3 is 2.61 bits per heavy atom. The zero-order valence-corrected chi connectivity index (χ0v) is 13.5. The Hall–Kier alpha value is -2.22. The molecule has 1 aromatic heterocycles. The highest BCUT2D eigenvalue weighted by molar-refractivity contribution is 7.91. The van der Waals surface area contributed by atoms with Crippen molar-refractivity contribution in [3.8, 4) is 0 Å². The molecule has 1 heterocycles. The van der Waals surface area contributed by atoms with Crippen LogP contribution < -0.4 is 5.32 Å². The summed E-state index contributed by atoms with van der Waals surface area (Å²) in [6, 6.07) is 5.86. The van der Waals surface area contributed by atoms with E-state index in [1.54, 1.807) is 18.5 Å². The molecule has 6 nitrogen and oxygen atoms in total. The zero-order valence-electron chi connectivity index (χ0n) is 12.6. The van der Waals surface area contributed by atoms with Gasteiger partial charge in [0.2, 0.25) is 5.91 Å². The maximum Gasteiger partial charge on any atom is 0.244 e. The third kappa shape index (κ3) is 4.38. The van der Waals surface area contributed by atoms with Gasteiger partial charge in [-0.15, -0.1) is 0 Å². The van der Waals surface area contributed by atoms with Crippen LogP contribution in [0.15, 0.2) is 47.6 Å². The molecule has 0 saturated heterocycles. The highest BCUT2D eigenvalue weighted by Gasteiger charge is 2.20. The van der Waals surface area contributed by atoms with Crippen molar-refractivity contribution in [2.45, 2.75) is 24.3 Å². The Kier molecular flexibility index (Phi) is 5.49. The number of sulfone groups is 1. The largest absolute Gasteiger partial charge is 0.353 e. The number of hydrogen-bond acceptors (Lipinski definition) is 4. The molecule has 0 fully saturated rings. The predicted molar refractivity (Wildman–Crippen MR) is 83.0 cm³/mol. The molecule has 23 heavy (non-hydrogen) atoms. The van der Waals surface area contributed by atoms with Crippen LogP contribution in [0.1, 0.15) is 19.4 Å². The van der Waals surface area contributed by atoms with Crippen molar-refractivity contribution in [3.63, 3.8) is 0 Å². The number of carbonyl (C=O) groups excluding carboxylic acids is 1. The molecule has 0 aliphatic rings. The molecule has 1 amide bonds. The highest BCUT2D eigenvalue weighted by atomic mass is 32.2. The molecule has 8 heteroatoms. The van der Waals surface area contributed by atoms with E-state index >= 15 is 0 Å². The molecular weight excluding hydrogens is 321 g/mol. The van der Waals surface area contributed by atoms with Gasteiger partial charge in [0.1, 0.15) is 11.9 Å². The van der Waals surface area contributed by atoms with E-state index in [0.717, 1.165) is 12.1 Å². The van der Waals surface area contributed by atoms with Gasteiger partial charge in [0, 0.05) is 18.9 Å². The summed E-state index contributed by atoms with van der Waals surface area (Å²) < 4.78 is 38.6. The molecular formula is C15H18FN3O3S. The SMILES string of the molecule is CC[C@@H](C(=O)NCCS(=O)(=O)c1ccc(F)cc1)n1cccn1. The smallest absolute Gasteiger partial charge is 0.244 e. The van der Waals surface area contributed by atoms with Gasteiger partial charge in [-0.25, -0.2) is 12.8 Å². The van der Waals surface area contributed by atoms with E-state index in [1.807, 2.05) is 6.92 Å². The molecule has 0 unspecified atom stereocenters. The summed E-state index contributed by atoms with van der Waals surface area (Å²) >= 11 is 0. The fourth-order valence-electron chi connectivity index (χ4n) is 2.14. The summed E-state index contributed by atoms with van der Waals surface area (Å²) in [7, 11) is -3.56. The first-order valence-electron chi connectivity index (χ1n) is 7.19. The van der Waals surface area contributed by atoms with Crippen LogP contribution in [-0.2, 0) is 14.6 Å². The van der Waals surface area contributed by atoms with Crippen LogP contribution in [-0.4, -0.2) is 36.4 Å². The van der Waals surface area contributed by atoms with Crippen molar-refractivity contribution in [1.29, 1.82) is 0 Å². The summed E-state index contributed by atoms with van der Waals surface area (Å²) in [5.74, 6) is -1.03. The number of nitrogens with zero attached hydrogens (tertiary/aromatic N) is 2. The summed E-state index contributed by atoms with van der Waals surface area (Å²) in [6.45, 7) is 1.83. The van der Waals surface area contributed by atoms with Crippen molar-refractivity contribution in [2.24, 2.45) is 0 Å². The summed E-state index contributed by atoms with van der Waals surface area (Å²) in [6.07, 6.45) is 3.80.